The van der Waals surface area contributed by atoms with E-state index in [0.717, 1.165) is 15.6 Å². The Bertz CT molecular complexity index is 659. The summed E-state index contributed by atoms with van der Waals surface area (Å²) in [6.07, 6.45) is 3.22. The van der Waals surface area contributed by atoms with Crippen molar-refractivity contribution in [2.24, 2.45) is 0 Å². The van der Waals surface area contributed by atoms with Crippen LogP contribution in [0.5, 0.6) is 0 Å². The summed E-state index contributed by atoms with van der Waals surface area (Å²) in [4.78, 5) is 11.5. The van der Waals surface area contributed by atoms with E-state index in [9.17, 15) is 4.79 Å². The molecule has 0 unspecified atom stereocenters. The molecule has 2 aromatic rings. The first-order valence-electron chi connectivity index (χ1n) is 6.71. The fourth-order valence-electron chi connectivity index (χ4n) is 1.74. The average Bonchev–Trinajstić information content (AvgIpc) is 2.52. The highest BCUT2D eigenvalue weighted by atomic mass is 79.9. The van der Waals surface area contributed by atoms with Crippen LogP contribution in [0.25, 0.3) is 6.08 Å². The highest BCUT2D eigenvalue weighted by Gasteiger charge is 2.01. The zero-order valence-corrected chi connectivity index (χ0v) is 14.1. The number of carbonyl (C=O) groups excluding carboxylic acids is 1. The molecule has 0 aliphatic carbocycles. The maximum absolute atomic E-state index is 11.5. The highest BCUT2D eigenvalue weighted by Crippen LogP contribution is 2.22. The van der Waals surface area contributed by atoms with Crippen molar-refractivity contribution in [3.05, 3.63) is 75.2 Å². The number of carbonyl (C=O) groups is 1. The third-order valence-corrected chi connectivity index (χ3v) is 3.66. The number of ether oxygens (including phenoxy) is 1. The topological polar surface area (TPSA) is 38.3 Å². The Morgan fingerprint density at radius 2 is 2.00 bits per heavy atom. The van der Waals surface area contributed by atoms with Crippen molar-refractivity contribution < 1.29 is 9.53 Å². The number of nitrogens with one attached hydrogen (secondary N) is 1. The molecule has 114 valence electrons. The molecule has 1 N–H and O–H groups in total. The van der Waals surface area contributed by atoms with Gasteiger partial charge in [-0.2, -0.15) is 0 Å². The lowest BCUT2D eigenvalue weighted by Gasteiger charge is -2.05. The number of hydrogen-bond acceptors (Lipinski definition) is 2. The number of halogens is 2. The molecule has 0 saturated heterocycles. The summed E-state index contributed by atoms with van der Waals surface area (Å²) in [5.41, 5.74) is 1.85. The van der Waals surface area contributed by atoms with Crippen molar-refractivity contribution in [3.8, 4) is 0 Å². The molecule has 2 aromatic carbocycles. The minimum atomic E-state index is -0.449. The fraction of sp³-hybridized carbons (Fsp3) is 0.118. The molecule has 0 aliphatic heterocycles. The van der Waals surface area contributed by atoms with Gasteiger partial charge in [0.15, 0.2) is 0 Å². The summed E-state index contributed by atoms with van der Waals surface area (Å²) >= 11 is 9.45. The minimum Gasteiger partial charge on any atom is -0.445 e. The summed E-state index contributed by atoms with van der Waals surface area (Å²) in [5, 5.41) is 3.30. The number of hydrogen-bond donors (Lipinski definition) is 1. The first-order valence-corrected chi connectivity index (χ1v) is 7.88. The molecule has 0 fully saturated rings. The second kappa shape index (κ2) is 8.61. The van der Waals surface area contributed by atoms with Gasteiger partial charge in [-0.05, 0) is 23.3 Å². The monoisotopic (exact) mass is 379 g/mol. The van der Waals surface area contributed by atoms with Crippen LogP contribution in [0.4, 0.5) is 4.79 Å². The lowest BCUT2D eigenvalue weighted by atomic mass is 10.2. The van der Waals surface area contributed by atoms with Gasteiger partial charge in [0.05, 0.1) is 0 Å². The van der Waals surface area contributed by atoms with E-state index in [1.165, 1.54) is 0 Å². The smallest absolute Gasteiger partial charge is 0.407 e. The van der Waals surface area contributed by atoms with Gasteiger partial charge in [0.2, 0.25) is 0 Å². The Labute approximate surface area is 143 Å². The summed E-state index contributed by atoms with van der Waals surface area (Å²) in [6.45, 7) is 0.634. The Morgan fingerprint density at radius 1 is 1.23 bits per heavy atom. The van der Waals surface area contributed by atoms with Crippen LogP contribution in [0, 0.1) is 0 Å². The van der Waals surface area contributed by atoms with Crippen LogP contribution < -0.4 is 5.32 Å². The lowest BCUT2D eigenvalue weighted by molar-refractivity contribution is 0.141. The number of benzene rings is 2. The molecule has 0 spiro atoms. The second-order valence-corrected chi connectivity index (χ2v) is 5.83. The third kappa shape index (κ3) is 5.54. The standard InChI is InChI=1S/C17H15BrClNO2/c18-15-9-8-14(16(19)11-15)7-4-10-20-17(21)22-12-13-5-2-1-3-6-13/h1-9,11H,10,12H2,(H,20,21). The summed E-state index contributed by atoms with van der Waals surface area (Å²) in [6, 6.07) is 15.2. The second-order valence-electron chi connectivity index (χ2n) is 4.51. The summed E-state index contributed by atoms with van der Waals surface area (Å²) in [7, 11) is 0. The van der Waals surface area contributed by atoms with Gasteiger partial charge in [-0.25, -0.2) is 4.79 Å². The predicted octanol–water partition coefficient (Wildman–Crippen LogP) is 5.04. The molecule has 0 atom stereocenters. The molecule has 0 heterocycles. The largest absolute Gasteiger partial charge is 0.445 e. The van der Waals surface area contributed by atoms with Crippen molar-refractivity contribution >= 4 is 39.7 Å². The Morgan fingerprint density at radius 3 is 2.73 bits per heavy atom. The van der Waals surface area contributed by atoms with E-state index in [-0.39, 0.29) is 6.61 Å². The minimum absolute atomic E-state index is 0.259. The Hall–Kier alpha value is -1.78. The molecule has 5 heteroatoms. The number of amides is 1. The van der Waals surface area contributed by atoms with Crippen LogP contribution in [0.2, 0.25) is 5.02 Å². The van der Waals surface area contributed by atoms with Crippen molar-refractivity contribution in [1.29, 1.82) is 0 Å². The van der Waals surface area contributed by atoms with E-state index < -0.39 is 6.09 Å². The highest BCUT2D eigenvalue weighted by molar-refractivity contribution is 9.10. The molecule has 22 heavy (non-hydrogen) atoms. The molecule has 1 amide bonds. The molecule has 0 bridgehead atoms. The van der Waals surface area contributed by atoms with E-state index in [0.29, 0.717) is 11.6 Å². The molecule has 0 aromatic heterocycles. The van der Waals surface area contributed by atoms with Crippen LogP contribution in [0.15, 0.2) is 59.1 Å². The first kappa shape index (κ1) is 16.6. The average molecular weight is 381 g/mol. The number of rotatable bonds is 5. The third-order valence-electron chi connectivity index (χ3n) is 2.84. The van der Waals surface area contributed by atoms with E-state index in [1.54, 1.807) is 0 Å². The van der Waals surface area contributed by atoms with Crippen LogP contribution in [0.3, 0.4) is 0 Å². The van der Waals surface area contributed by atoms with Crippen LogP contribution in [-0.2, 0) is 11.3 Å². The molecular formula is C17H15BrClNO2. The zero-order chi connectivity index (χ0) is 15.8. The fourth-order valence-corrected chi connectivity index (χ4v) is 2.48. The van der Waals surface area contributed by atoms with Crippen molar-refractivity contribution in [3.63, 3.8) is 0 Å². The van der Waals surface area contributed by atoms with E-state index in [1.807, 2.05) is 60.7 Å². The van der Waals surface area contributed by atoms with Gasteiger partial charge in [0, 0.05) is 16.0 Å². The van der Waals surface area contributed by atoms with Gasteiger partial charge in [0.25, 0.3) is 0 Å². The summed E-state index contributed by atoms with van der Waals surface area (Å²) < 4.78 is 6.03. The Balaban J connectivity index is 1.73. The van der Waals surface area contributed by atoms with E-state index in [4.69, 9.17) is 16.3 Å². The van der Waals surface area contributed by atoms with Gasteiger partial charge in [-0.3, -0.25) is 0 Å². The summed E-state index contributed by atoms with van der Waals surface area (Å²) in [5.74, 6) is 0. The molecule has 0 radical (unpaired) electrons. The lowest BCUT2D eigenvalue weighted by Crippen LogP contribution is -2.24. The van der Waals surface area contributed by atoms with Crippen molar-refractivity contribution in [2.75, 3.05) is 6.54 Å². The molecule has 0 saturated carbocycles. The maximum atomic E-state index is 11.5. The van der Waals surface area contributed by atoms with Gasteiger partial charge >= 0.3 is 6.09 Å². The van der Waals surface area contributed by atoms with Crippen LogP contribution in [-0.4, -0.2) is 12.6 Å². The normalized spacial score (nSPS) is 10.6. The van der Waals surface area contributed by atoms with Gasteiger partial charge in [0.1, 0.15) is 6.61 Å². The Kier molecular flexibility index (Phi) is 6.49. The van der Waals surface area contributed by atoms with Crippen molar-refractivity contribution in [1.82, 2.24) is 5.32 Å². The van der Waals surface area contributed by atoms with Crippen molar-refractivity contribution in [2.45, 2.75) is 6.61 Å². The van der Waals surface area contributed by atoms with E-state index >= 15 is 0 Å². The molecule has 0 aliphatic rings. The molecule has 3 nitrogen and oxygen atoms in total. The van der Waals surface area contributed by atoms with E-state index in [2.05, 4.69) is 21.2 Å². The predicted molar refractivity (Wildman–Crippen MR) is 92.8 cm³/mol. The quantitative estimate of drug-likeness (QED) is 0.789. The van der Waals surface area contributed by atoms with Crippen LogP contribution in [0.1, 0.15) is 11.1 Å². The molecular weight excluding hydrogens is 366 g/mol. The molecule has 2 rings (SSSR count). The number of alkyl carbamates (subject to hydrolysis) is 1. The zero-order valence-electron chi connectivity index (χ0n) is 11.8. The van der Waals surface area contributed by atoms with Crippen LogP contribution >= 0.6 is 27.5 Å². The SMILES string of the molecule is O=C(NCC=Cc1ccc(Br)cc1Cl)OCc1ccccc1. The first-order chi connectivity index (χ1) is 10.6. The maximum Gasteiger partial charge on any atom is 0.407 e. The van der Waals surface area contributed by atoms with Gasteiger partial charge in [-0.15, -0.1) is 0 Å². The van der Waals surface area contributed by atoms with Gasteiger partial charge < -0.3 is 10.1 Å². The van der Waals surface area contributed by atoms with Gasteiger partial charge in [-0.1, -0.05) is 76.1 Å².